The Balaban J connectivity index is 4.34. The second-order valence-electron chi connectivity index (χ2n) is 4.70. The molecule has 0 aliphatic rings. The molecule has 0 aromatic heterocycles. The van der Waals surface area contributed by atoms with Crippen molar-refractivity contribution < 1.29 is 0 Å². The summed E-state index contributed by atoms with van der Waals surface area (Å²) in [6.45, 7) is 9.77. The van der Waals surface area contributed by atoms with Crippen molar-refractivity contribution in [1.82, 2.24) is 4.90 Å². The highest BCUT2D eigenvalue weighted by Gasteiger charge is 2.20. The van der Waals surface area contributed by atoms with E-state index >= 15 is 0 Å². The molecule has 0 aliphatic carbocycles. The SMILES string of the molecule is CCCCN=C(N(C)C)C(C)(C)C. The van der Waals surface area contributed by atoms with E-state index in [1.807, 2.05) is 0 Å². The fourth-order valence-electron chi connectivity index (χ4n) is 1.39. The molecule has 0 N–H and O–H groups in total. The average molecular weight is 184 g/mol. The number of unbranched alkanes of at least 4 members (excludes halogenated alkanes) is 1. The van der Waals surface area contributed by atoms with Crippen molar-refractivity contribution >= 4 is 5.84 Å². The summed E-state index contributed by atoms with van der Waals surface area (Å²) in [6, 6.07) is 0. The lowest BCUT2D eigenvalue weighted by Crippen LogP contribution is -2.34. The van der Waals surface area contributed by atoms with Gasteiger partial charge in [-0.1, -0.05) is 34.1 Å². The molecule has 0 atom stereocenters. The standard InChI is InChI=1S/C11H24N2/c1-7-8-9-12-10(13(5)6)11(2,3)4/h7-9H2,1-6H3. The highest BCUT2D eigenvalue weighted by molar-refractivity contribution is 5.86. The van der Waals surface area contributed by atoms with E-state index in [1.165, 1.54) is 18.7 Å². The number of amidine groups is 1. The Hall–Kier alpha value is -0.530. The van der Waals surface area contributed by atoms with E-state index in [9.17, 15) is 0 Å². The van der Waals surface area contributed by atoms with Gasteiger partial charge in [0, 0.05) is 26.1 Å². The fourth-order valence-corrected chi connectivity index (χ4v) is 1.39. The van der Waals surface area contributed by atoms with Gasteiger partial charge in [0.25, 0.3) is 0 Å². The lowest BCUT2D eigenvalue weighted by Gasteiger charge is -2.27. The van der Waals surface area contributed by atoms with Crippen LogP contribution in [-0.2, 0) is 0 Å². The van der Waals surface area contributed by atoms with Crippen LogP contribution in [-0.4, -0.2) is 31.4 Å². The molecule has 0 aliphatic heterocycles. The maximum absolute atomic E-state index is 4.63. The Labute approximate surface area is 83.0 Å². The zero-order valence-electron chi connectivity index (χ0n) is 10.0. The molecule has 0 saturated carbocycles. The summed E-state index contributed by atoms with van der Waals surface area (Å²) in [5.74, 6) is 1.20. The number of nitrogens with zero attached hydrogens (tertiary/aromatic N) is 2. The maximum Gasteiger partial charge on any atom is 0.104 e. The molecule has 0 aromatic carbocycles. The van der Waals surface area contributed by atoms with Crippen LogP contribution in [0.3, 0.4) is 0 Å². The minimum atomic E-state index is 0.164. The zero-order chi connectivity index (χ0) is 10.5. The lowest BCUT2D eigenvalue weighted by molar-refractivity contribution is 0.476. The molecule has 0 fully saturated rings. The summed E-state index contributed by atoms with van der Waals surface area (Å²) in [4.78, 5) is 6.75. The van der Waals surface area contributed by atoms with E-state index in [-0.39, 0.29) is 5.41 Å². The van der Waals surface area contributed by atoms with Crippen molar-refractivity contribution in [2.75, 3.05) is 20.6 Å². The van der Waals surface area contributed by atoms with Crippen molar-refractivity contribution in [3.63, 3.8) is 0 Å². The molecule has 0 saturated heterocycles. The highest BCUT2D eigenvalue weighted by atomic mass is 15.1. The highest BCUT2D eigenvalue weighted by Crippen LogP contribution is 2.17. The molecule has 0 spiro atoms. The molecule has 0 bridgehead atoms. The number of aliphatic imine (C=N–C) groups is 1. The summed E-state index contributed by atoms with van der Waals surface area (Å²) in [7, 11) is 4.13. The van der Waals surface area contributed by atoms with Gasteiger partial charge in [0.1, 0.15) is 5.84 Å². The Morgan fingerprint density at radius 3 is 2.08 bits per heavy atom. The summed E-state index contributed by atoms with van der Waals surface area (Å²) < 4.78 is 0. The topological polar surface area (TPSA) is 15.6 Å². The summed E-state index contributed by atoms with van der Waals surface area (Å²) in [6.07, 6.45) is 2.40. The second-order valence-corrected chi connectivity index (χ2v) is 4.70. The van der Waals surface area contributed by atoms with E-state index in [1.54, 1.807) is 0 Å². The first-order valence-corrected chi connectivity index (χ1v) is 5.11. The van der Waals surface area contributed by atoms with Crippen LogP contribution in [0.4, 0.5) is 0 Å². The van der Waals surface area contributed by atoms with Crippen molar-refractivity contribution in [3.05, 3.63) is 0 Å². The number of hydrogen-bond acceptors (Lipinski definition) is 1. The molecule has 0 radical (unpaired) electrons. The zero-order valence-corrected chi connectivity index (χ0v) is 10.0. The fraction of sp³-hybridized carbons (Fsp3) is 0.909. The van der Waals surface area contributed by atoms with Gasteiger partial charge in [-0.3, -0.25) is 4.99 Å². The van der Waals surface area contributed by atoms with Gasteiger partial charge in [0.15, 0.2) is 0 Å². The Kier molecular flexibility index (Phi) is 5.04. The molecule has 0 rings (SSSR count). The van der Waals surface area contributed by atoms with Crippen molar-refractivity contribution in [2.45, 2.75) is 40.5 Å². The Bertz CT molecular complexity index is 163. The number of hydrogen-bond donors (Lipinski definition) is 0. The van der Waals surface area contributed by atoms with Crippen LogP contribution in [0.2, 0.25) is 0 Å². The number of rotatable bonds is 3. The molecule has 0 heterocycles. The predicted octanol–water partition coefficient (Wildman–Crippen LogP) is 2.79. The smallest absolute Gasteiger partial charge is 0.104 e. The molecular weight excluding hydrogens is 160 g/mol. The van der Waals surface area contributed by atoms with Crippen LogP contribution in [0.25, 0.3) is 0 Å². The van der Waals surface area contributed by atoms with Gasteiger partial charge in [-0.25, -0.2) is 0 Å². The molecular formula is C11H24N2. The van der Waals surface area contributed by atoms with Gasteiger partial charge in [-0.2, -0.15) is 0 Å². The first kappa shape index (κ1) is 12.5. The van der Waals surface area contributed by atoms with E-state index in [4.69, 9.17) is 0 Å². The third kappa shape index (κ3) is 4.91. The van der Waals surface area contributed by atoms with Crippen LogP contribution >= 0.6 is 0 Å². The minimum Gasteiger partial charge on any atom is -0.366 e. The third-order valence-electron chi connectivity index (χ3n) is 1.87. The average Bonchev–Trinajstić information content (AvgIpc) is 1.94. The van der Waals surface area contributed by atoms with Crippen molar-refractivity contribution in [2.24, 2.45) is 10.4 Å². The molecule has 2 heteroatoms. The van der Waals surface area contributed by atoms with Gasteiger partial charge < -0.3 is 4.90 Å². The van der Waals surface area contributed by atoms with Gasteiger partial charge in [-0.15, -0.1) is 0 Å². The molecule has 0 unspecified atom stereocenters. The van der Waals surface area contributed by atoms with Gasteiger partial charge >= 0.3 is 0 Å². The van der Waals surface area contributed by atoms with Crippen LogP contribution in [0.1, 0.15) is 40.5 Å². The Morgan fingerprint density at radius 1 is 1.23 bits per heavy atom. The van der Waals surface area contributed by atoms with Gasteiger partial charge in [0.05, 0.1) is 0 Å². The lowest BCUT2D eigenvalue weighted by atomic mass is 9.94. The van der Waals surface area contributed by atoms with Gasteiger partial charge in [-0.05, 0) is 6.42 Å². The van der Waals surface area contributed by atoms with E-state index < -0.39 is 0 Å². The van der Waals surface area contributed by atoms with Crippen LogP contribution in [0, 0.1) is 5.41 Å². The van der Waals surface area contributed by atoms with Gasteiger partial charge in [0.2, 0.25) is 0 Å². The van der Waals surface area contributed by atoms with Crippen LogP contribution in [0.15, 0.2) is 4.99 Å². The molecule has 78 valence electrons. The molecule has 0 aromatic rings. The van der Waals surface area contributed by atoms with Crippen LogP contribution in [0.5, 0.6) is 0 Å². The molecule has 13 heavy (non-hydrogen) atoms. The molecule has 2 nitrogen and oxygen atoms in total. The quantitative estimate of drug-likeness (QED) is 0.374. The van der Waals surface area contributed by atoms with Crippen molar-refractivity contribution in [1.29, 1.82) is 0 Å². The largest absolute Gasteiger partial charge is 0.366 e. The van der Waals surface area contributed by atoms with E-state index in [0.717, 1.165) is 6.54 Å². The third-order valence-corrected chi connectivity index (χ3v) is 1.87. The first-order chi connectivity index (χ1) is 5.89. The normalized spacial score (nSPS) is 13.2. The monoisotopic (exact) mass is 184 g/mol. The molecule has 0 amide bonds. The van der Waals surface area contributed by atoms with Crippen molar-refractivity contribution in [3.8, 4) is 0 Å². The van der Waals surface area contributed by atoms with E-state index in [0.29, 0.717) is 0 Å². The summed E-state index contributed by atoms with van der Waals surface area (Å²) >= 11 is 0. The Morgan fingerprint density at radius 2 is 1.77 bits per heavy atom. The summed E-state index contributed by atoms with van der Waals surface area (Å²) in [5.41, 5.74) is 0.164. The summed E-state index contributed by atoms with van der Waals surface area (Å²) in [5, 5.41) is 0. The first-order valence-electron chi connectivity index (χ1n) is 5.11. The second kappa shape index (κ2) is 5.25. The minimum absolute atomic E-state index is 0.164. The maximum atomic E-state index is 4.63. The van der Waals surface area contributed by atoms with E-state index in [2.05, 4.69) is 51.7 Å². The van der Waals surface area contributed by atoms with Crippen LogP contribution < -0.4 is 0 Å². The predicted molar refractivity (Wildman–Crippen MR) is 60.4 cm³/mol.